The summed E-state index contributed by atoms with van der Waals surface area (Å²) in [6, 6.07) is 4.95. The normalized spacial score (nSPS) is 11.7. The van der Waals surface area contributed by atoms with E-state index in [2.05, 4.69) is 11.9 Å². The summed E-state index contributed by atoms with van der Waals surface area (Å²) in [5.41, 5.74) is 0.698. The molecule has 1 atom stereocenters. The summed E-state index contributed by atoms with van der Waals surface area (Å²) in [4.78, 5) is 11.3. The first-order valence-corrected chi connectivity index (χ1v) is 5.90. The molecule has 18 heavy (non-hydrogen) atoms. The van der Waals surface area contributed by atoms with Crippen molar-refractivity contribution in [1.29, 1.82) is 0 Å². The number of hydrogen-bond donors (Lipinski definition) is 2. The quantitative estimate of drug-likeness (QED) is 0.778. The van der Waals surface area contributed by atoms with Crippen LogP contribution in [-0.2, 0) is 4.79 Å². The van der Waals surface area contributed by atoms with E-state index in [1.807, 2.05) is 0 Å². The lowest BCUT2D eigenvalue weighted by Gasteiger charge is -2.10. The number of carbonyl (C=O) groups excluding carboxylic acids is 1. The highest BCUT2D eigenvalue weighted by Gasteiger charge is 2.08. The molecule has 98 valence electrons. The highest BCUT2D eigenvalue weighted by atomic mass is 35.5. The van der Waals surface area contributed by atoms with E-state index in [1.54, 1.807) is 31.2 Å². The van der Waals surface area contributed by atoms with Gasteiger partial charge < -0.3 is 15.2 Å². The molecule has 1 rings (SSSR count). The van der Waals surface area contributed by atoms with Crippen LogP contribution < -0.4 is 10.1 Å². The van der Waals surface area contributed by atoms with Crippen molar-refractivity contribution in [2.24, 2.45) is 0 Å². The molecular formula is C13H16ClNO3. The number of ether oxygens (including phenoxy) is 1. The molecular weight excluding hydrogens is 254 g/mol. The summed E-state index contributed by atoms with van der Waals surface area (Å²) >= 11 is 5.98. The number of nitrogens with one attached hydrogen (secondary N) is 1. The Hall–Kier alpha value is -1.52. The van der Waals surface area contributed by atoms with Crippen LogP contribution in [-0.4, -0.2) is 24.2 Å². The SMILES string of the molecule is C=CCNC(=O)COc1ccc([C@H](C)O)cc1Cl. The van der Waals surface area contributed by atoms with Gasteiger partial charge in [0.2, 0.25) is 0 Å². The van der Waals surface area contributed by atoms with Crippen LogP contribution >= 0.6 is 11.6 Å². The van der Waals surface area contributed by atoms with Gasteiger partial charge in [-0.05, 0) is 24.6 Å². The number of aliphatic hydroxyl groups is 1. The fraction of sp³-hybridized carbons (Fsp3) is 0.308. The third kappa shape index (κ3) is 4.39. The molecule has 0 fully saturated rings. The molecule has 0 heterocycles. The van der Waals surface area contributed by atoms with Gasteiger partial charge in [0, 0.05) is 6.54 Å². The zero-order valence-electron chi connectivity index (χ0n) is 10.1. The maximum atomic E-state index is 11.3. The van der Waals surface area contributed by atoms with Crippen LogP contribution in [0, 0.1) is 0 Å². The van der Waals surface area contributed by atoms with E-state index in [0.717, 1.165) is 0 Å². The maximum absolute atomic E-state index is 11.3. The van der Waals surface area contributed by atoms with E-state index >= 15 is 0 Å². The van der Waals surface area contributed by atoms with Gasteiger partial charge in [-0.1, -0.05) is 23.7 Å². The second-order valence-electron chi connectivity index (χ2n) is 3.75. The molecule has 0 aromatic heterocycles. The molecule has 1 amide bonds. The maximum Gasteiger partial charge on any atom is 0.258 e. The Balaban J connectivity index is 2.57. The van der Waals surface area contributed by atoms with Crippen LogP contribution in [0.5, 0.6) is 5.75 Å². The van der Waals surface area contributed by atoms with Crippen LogP contribution in [0.3, 0.4) is 0 Å². The third-order valence-corrected chi connectivity index (χ3v) is 2.54. The number of benzene rings is 1. The minimum atomic E-state index is -0.590. The van der Waals surface area contributed by atoms with E-state index in [-0.39, 0.29) is 12.5 Å². The zero-order valence-corrected chi connectivity index (χ0v) is 10.9. The predicted molar refractivity (Wildman–Crippen MR) is 70.8 cm³/mol. The summed E-state index contributed by atoms with van der Waals surface area (Å²) in [6.07, 6.45) is 0.995. The summed E-state index contributed by atoms with van der Waals surface area (Å²) in [7, 11) is 0. The molecule has 5 heteroatoms. The molecule has 0 saturated heterocycles. The first-order valence-electron chi connectivity index (χ1n) is 5.52. The molecule has 0 unspecified atom stereocenters. The van der Waals surface area contributed by atoms with Crippen molar-refractivity contribution in [2.45, 2.75) is 13.0 Å². The van der Waals surface area contributed by atoms with Crippen LogP contribution in [0.4, 0.5) is 0 Å². The average Bonchev–Trinajstić information content (AvgIpc) is 2.34. The smallest absolute Gasteiger partial charge is 0.258 e. The first kappa shape index (κ1) is 14.5. The minimum absolute atomic E-state index is 0.110. The van der Waals surface area contributed by atoms with E-state index in [4.69, 9.17) is 16.3 Å². The van der Waals surface area contributed by atoms with Crippen LogP contribution in [0.25, 0.3) is 0 Å². The van der Waals surface area contributed by atoms with Gasteiger partial charge in [-0.15, -0.1) is 6.58 Å². The Bertz CT molecular complexity index is 432. The molecule has 0 bridgehead atoms. The second-order valence-corrected chi connectivity index (χ2v) is 4.15. The molecule has 1 aromatic rings. The minimum Gasteiger partial charge on any atom is -0.482 e. The van der Waals surface area contributed by atoms with Crippen molar-refractivity contribution in [1.82, 2.24) is 5.32 Å². The van der Waals surface area contributed by atoms with Crippen molar-refractivity contribution in [3.63, 3.8) is 0 Å². The van der Waals surface area contributed by atoms with Gasteiger partial charge in [0.05, 0.1) is 11.1 Å². The van der Waals surface area contributed by atoms with E-state index < -0.39 is 6.10 Å². The number of halogens is 1. The van der Waals surface area contributed by atoms with E-state index in [0.29, 0.717) is 22.9 Å². The van der Waals surface area contributed by atoms with Gasteiger partial charge in [-0.2, -0.15) is 0 Å². The van der Waals surface area contributed by atoms with Crippen LogP contribution in [0.2, 0.25) is 5.02 Å². The van der Waals surface area contributed by atoms with Crippen molar-refractivity contribution in [2.75, 3.05) is 13.2 Å². The Morgan fingerprint density at radius 3 is 2.94 bits per heavy atom. The van der Waals surface area contributed by atoms with Gasteiger partial charge >= 0.3 is 0 Å². The summed E-state index contributed by atoms with van der Waals surface area (Å²) in [5, 5.41) is 12.3. The van der Waals surface area contributed by atoms with Crippen molar-refractivity contribution in [3.8, 4) is 5.75 Å². The Labute approximate surface area is 111 Å². The molecule has 4 nitrogen and oxygen atoms in total. The fourth-order valence-corrected chi connectivity index (χ4v) is 1.52. The lowest BCUT2D eigenvalue weighted by Crippen LogP contribution is -2.28. The van der Waals surface area contributed by atoms with Crippen LogP contribution in [0.1, 0.15) is 18.6 Å². The highest BCUT2D eigenvalue weighted by Crippen LogP contribution is 2.27. The topological polar surface area (TPSA) is 58.6 Å². The lowest BCUT2D eigenvalue weighted by atomic mass is 10.1. The lowest BCUT2D eigenvalue weighted by molar-refractivity contribution is -0.122. The van der Waals surface area contributed by atoms with Crippen molar-refractivity contribution in [3.05, 3.63) is 41.4 Å². The van der Waals surface area contributed by atoms with E-state index in [1.165, 1.54) is 0 Å². The van der Waals surface area contributed by atoms with E-state index in [9.17, 15) is 9.90 Å². The van der Waals surface area contributed by atoms with Gasteiger partial charge in [0.25, 0.3) is 5.91 Å². The molecule has 0 aliphatic carbocycles. The van der Waals surface area contributed by atoms with Gasteiger partial charge in [0.1, 0.15) is 5.75 Å². The van der Waals surface area contributed by atoms with Gasteiger partial charge in [-0.3, -0.25) is 4.79 Å². The summed E-state index contributed by atoms with van der Waals surface area (Å²) in [5.74, 6) is 0.167. The molecule has 0 spiro atoms. The van der Waals surface area contributed by atoms with Gasteiger partial charge in [-0.25, -0.2) is 0 Å². The Morgan fingerprint density at radius 1 is 1.67 bits per heavy atom. The second kappa shape index (κ2) is 7.03. The molecule has 0 radical (unpaired) electrons. The van der Waals surface area contributed by atoms with Crippen molar-refractivity contribution >= 4 is 17.5 Å². The number of rotatable bonds is 6. The van der Waals surface area contributed by atoms with Crippen molar-refractivity contribution < 1.29 is 14.6 Å². The summed E-state index contributed by atoms with van der Waals surface area (Å²) in [6.45, 7) is 5.43. The third-order valence-electron chi connectivity index (χ3n) is 2.24. The zero-order chi connectivity index (χ0) is 13.5. The fourth-order valence-electron chi connectivity index (χ4n) is 1.27. The molecule has 0 aliphatic rings. The molecule has 0 saturated carbocycles. The van der Waals surface area contributed by atoms with Gasteiger partial charge in [0.15, 0.2) is 6.61 Å². The van der Waals surface area contributed by atoms with Crippen LogP contribution in [0.15, 0.2) is 30.9 Å². The Kier molecular flexibility index (Phi) is 5.68. The number of carbonyl (C=O) groups is 1. The molecule has 0 aliphatic heterocycles. The summed E-state index contributed by atoms with van der Waals surface area (Å²) < 4.78 is 5.27. The highest BCUT2D eigenvalue weighted by molar-refractivity contribution is 6.32. The molecule has 1 aromatic carbocycles. The first-order chi connectivity index (χ1) is 8.54. The predicted octanol–water partition coefficient (Wildman–Crippen LogP) is 2.07. The Morgan fingerprint density at radius 2 is 2.39 bits per heavy atom. The number of hydrogen-bond acceptors (Lipinski definition) is 3. The monoisotopic (exact) mass is 269 g/mol. The number of aliphatic hydroxyl groups excluding tert-OH is 1. The largest absolute Gasteiger partial charge is 0.482 e. The molecule has 2 N–H and O–H groups in total. The average molecular weight is 270 g/mol. The number of amides is 1. The standard InChI is InChI=1S/C13H16ClNO3/c1-3-6-15-13(17)8-18-12-5-4-10(9(2)16)7-11(12)14/h3-5,7,9,16H,1,6,8H2,2H3,(H,15,17)/t9-/m0/s1.